The molecule has 2 heterocycles. The Labute approximate surface area is 156 Å². The number of hydrogen-bond donors (Lipinski definition) is 1. The number of H-pyrrole nitrogens is 1. The van der Waals surface area contributed by atoms with E-state index in [9.17, 15) is 18.4 Å². The first-order chi connectivity index (χ1) is 13.5. The van der Waals surface area contributed by atoms with Crippen LogP contribution in [0.1, 0.15) is 18.1 Å². The highest BCUT2D eigenvalue weighted by Crippen LogP contribution is 2.23. The summed E-state index contributed by atoms with van der Waals surface area (Å²) in [6.07, 6.45) is -0.216. The van der Waals surface area contributed by atoms with Crippen molar-refractivity contribution in [3.63, 3.8) is 0 Å². The third-order valence-corrected chi connectivity index (χ3v) is 4.31. The van der Waals surface area contributed by atoms with Crippen molar-refractivity contribution in [2.45, 2.75) is 19.6 Å². The second-order valence-corrected chi connectivity index (χ2v) is 6.05. The zero-order valence-corrected chi connectivity index (χ0v) is 14.4. The van der Waals surface area contributed by atoms with E-state index in [0.717, 1.165) is 4.57 Å². The van der Waals surface area contributed by atoms with E-state index < -0.39 is 19.1 Å². The van der Waals surface area contributed by atoms with Crippen molar-refractivity contribution in [1.82, 2.24) is 19.7 Å². The molecule has 4 rings (SSSR count). The van der Waals surface area contributed by atoms with Crippen molar-refractivity contribution >= 4 is 27.8 Å². The van der Waals surface area contributed by atoms with Gasteiger partial charge < -0.3 is 4.74 Å². The minimum absolute atomic E-state index is 0.0520. The Morgan fingerprint density at radius 3 is 2.61 bits per heavy atom. The fourth-order valence-corrected chi connectivity index (χ4v) is 3.05. The Balaban J connectivity index is 1.55. The molecule has 0 fully saturated rings. The van der Waals surface area contributed by atoms with E-state index in [1.165, 1.54) is 6.07 Å². The first-order valence-electron chi connectivity index (χ1n) is 8.40. The van der Waals surface area contributed by atoms with Crippen LogP contribution in [0.25, 0.3) is 21.8 Å². The summed E-state index contributed by atoms with van der Waals surface area (Å²) >= 11 is 0. The normalized spacial score (nSPS) is 11.4. The summed E-state index contributed by atoms with van der Waals surface area (Å²) in [7, 11) is 0. The van der Waals surface area contributed by atoms with Gasteiger partial charge in [0, 0.05) is 5.39 Å². The van der Waals surface area contributed by atoms with Crippen molar-refractivity contribution in [3.05, 3.63) is 70.4 Å². The van der Waals surface area contributed by atoms with Gasteiger partial charge in [0.25, 0.3) is 5.56 Å². The second-order valence-electron chi connectivity index (χ2n) is 6.05. The molecule has 7 nitrogen and oxygen atoms in total. The highest BCUT2D eigenvalue weighted by Gasteiger charge is 2.19. The third-order valence-electron chi connectivity index (χ3n) is 4.31. The number of alkyl halides is 2. The minimum atomic E-state index is -2.81. The zero-order chi connectivity index (χ0) is 19.7. The Morgan fingerprint density at radius 2 is 1.82 bits per heavy atom. The van der Waals surface area contributed by atoms with E-state index in [0.29, 0.717) is 22.0 Å². The average Bonchev–Trinajstić information content (AvgIpc) is 3.07. The standard InChI is InChI=1S/C19H14F2N4O3/c20-19(21)25-15-8-4-3-7-13(15)22-16(25)10-28-17(26)9-14-11-5-1-2-6-12(11)18(27)24-23-14/h1-8,19H,9-10H2,(H,24,27). The van der Waals surface area contributed by atoms with E-state index in [1.54, 1.807) is 42.5 Å². The predicted molar refractivity (Wildman–Crippen MR) is 96.8 cm³/mol. The Bertz CT molecular complexity index is 1230. The van der Waals surface area contributed by atoms with Gasteiger partial charge in [-0.1, -0.05) is 30.3 Å². The number of halogens is 2. The molecule has 0 aliphatic rings. The van der Waals surface area contributed by atoms with Gasteiger partial charge in [-0.05, 0) is 18.2 Å². The second kappa shape index (κ2) is 7.18. The van der Waals surface area contributed by atoms with E-state index >= 15 is 0 Å². The van der Waals surface area contributed by atoms with Gasteiger partial charge >= 0.3 is 12.5 Å². The topological polar surface area (TPSA) is 89.9 Å². The van der Waals surface area contributed by atoms with Gasteiger partial charge in [0.05, 0.1) is 28.5 Å². The number of para-hydroxylation sites is 2. The van der Waals surface area contributed by atoms with Crippen LogP contribution in [0.5, 0.6) is 0 Å². The van der Waals surface area contributed by atoms with Crippen LogP contribution in [-0.2, 0) is 22.6 Å². The van der Waals surface area contributed by atoms with Crippen molar-refractivity contribution < 1.29 is 18.3 Å². The lowest BCUT2D eigenvalue weighted by Crippen LogP contribution is -2.16. The number of esters is 1. The highest BCUT2D eigenvalue weighted by molar-refractivity contribution is 5.86. The number of ether oxygens (including phenoxy) is 1. The molecule has 2 aromatic carbocycles. The van der Waals surface area contributed by atoms with Crippen LogP contribution < -0.4 is 5.56 Å². The van der Waals surface area contributed by atoms with Gasteiger partial charge in [-0.25, -0.2) is 10.1 Å². The molecule has 0 aliphatic heterocycles. The highest BCUT2D eigenvalue weighted by atomic mass is 19.3. The van der Waals surface area contributed by atoms with E-state index in [2.05, 4.69) is 15.2 Å². The number of nitrogens with one attached hydrogen (secondary N) is 1. The third kappa shape index (κ3) is 3.22. The molecule has 1 N–H and O–H groups in total. The molecule has 0 saturated heterocycles. The number of imidazole rings is 1. The predicted octanol–water partition coefficient (Wildman–Crippen LogP) is 2.95. The van der Waals surface area contributed by atoms with Crippen LogP contribution >= 0.6 is 0 Å². The SMILES string of the molecule is O=C(Cc1n[nH]c(=O)c2ccccc12)OCc1nc2ccccc2n1C(F)F. The summed E-state index contributed by atoms with van der Waals surface area (Å²) in [5, 5.41) is 7.17. The van der Waals surface area contributed by atoms with Crippen LogP contribution in [0, 0.1) is 0 Å². The molecule has 0 amide bonds. The number of nitrogens with zero attached hydrogens (tertiary/aromatic N) is 3. The van der Waals surface area contributed by atoms with Crippen LogP contribution in [0.4, 0.5) is 8.78 Å². The van der Waals surface area contributed by atoms with Crippen LogP contribution in [-0.4, -0.2) is 25.7 Å². The molecular weight excluding hydrogens is 370 g/mol. The molecule has 0 radical (unpaired) electrons. The summed E-state index contributed by atoms with van der Waals surface area (Å²) in [6, 6.07) is 13.2. The van der Waals surface area contributed by atoms with Gasteiger partial charge in [-0.2, -0.15) is 13.9 Å². The molecule has 2 aromatic heterocycles. The van der Waals surface area contributed by atoms with Crippen LogP contribution in [0.3, 0.4) is 0 Å². The molecule has 0 unspecified atom stereocenters. The van der Waals surface area contributed by atoms with Gasteiger partial charge in [0.15, 0.2) is 5.82 Å². The number of benzene rings is 2. The van der Waals surface area contributed by atoms with E-state index in [4.69, 9.17) is 4.74 Å². The fraction of sp³-hybridized carbons (Fsp3) is 0.158. The first-order valence-corrected chi connectivity index (χ1v) is 8.40. The average molecular weight is 384 g/mol. The summed E-state index contributed by atoms with van der Waals surface area (Å²) in [6.45, 7) is -3.22. The molecular formula is C19H14F2N4O3. The number of aromatic amines is 1. The smallest absolute Gasteiger partial charge is 0.320 e. The number of carbonyl (C=O) groups is 1. The van der Waals surface area contributed by atoms with Crippen LogP contribution in [0.2, 0.25) is 0 Å². The molecule has 0 saturated carbocycles. The molecule has 142 valence electrons. The summed E-state index contributed by atoms with van der Waals surface area (Å²) in [5.74, 6) is -0.721. The fourth-order valence-electron chi connectivity index (χ4n) is 3.05. The Hall–Kier alpha value is -3.62. The van der Waals surface area contributed by atoms with Gasteiger partial charge in [-0.3, -0.25) is 14.2 Å². The lowest BCUT2D eigenvalue weighted by Gasteiger charge is -2.09. The van der Waals surface area contributed by atoms with Gasteiger partial charge in [-0.15, -0.1) is 0 Å². The van der Waals surface area contributed by atoms with Gasteiger partial charge in [0.1, 0.15) is 6.61 Å². The lowest BCUT2D eigenvalue weighted by atomic mass is 10.1. The van der Waals surface area contributed by atoms with Crippen LogP contribution in [0.15, 0.2) is 53.3 Å². The van der Waals surface area contributed by atoms with E-state index in [-0.39, 0.29) is 23.3 Å². The minimum Gasteiger partial charge on any atom is -0.457 e. The first kappa shape index (κ1) is 17.8. The van der Waals surface area contributed by atoms with Gasteiger partial charge in [0.2, 0.25) is 0 Å². The summed E-state index contributed by atoms with van der Waals surface area (Å²) < 4.78 is 32.7. The van der Waals surface area contributed by atoms with Crippen molar-refractivity contribution in [3.8, 4) is 0 Å². The number of carbonyl (C=O) groups excluding carboxylic acids is 1. The Kier molecular flexibility index (Phi) is 4.56. The quantitative estimate of drug-likeness (QED) is 0.535. The molecule has 0 bridgehead atoms. The summed E-state index contributed by atoms with van der Waals surface area (Å²) in [5.41, 5.74) is 0.625. The largest absolute Gasteiger partial charge is 0.457 e. The van der Waals surface area contributed by atoms with E-state index in [1.807, 2.05) is 0 Å². The van der Waals surface area contributed by atoms with Crippen molar-refractivity contribution in [2.24, 2.45) is 0 Å². The molecule has 0 atom stereocenters. The van der Waals surface area contributed by atoms with Crippen molar-refractivity contribution in [2.75, 3.05) is 0 Å². The maximum Gasteiger partial charge on any atom is 0.320 e. The molecule has 9 heteroatoms. The summed E-state index contributed by atoms with van der Waals surface area (Å²) in [4.78, 5) is 28.1. The number of rotatable bonds is 5. The molecule has 4 aromatic rings. The Morgan fingerprint density at radius 1 is 1.11 bits per heavy atom. The van der Waals surface area contributed by atoms with Crippen molar-refractivity contribution in [1.29, 1.82) is 0 Å². The number of hydrogen-bond acceptors (Lipinski definition) is 5. The molecule has 0 aliphatic carbocycles. The monoisotopic (exact) mass is 384 g/mol. The zero-order valence-electron chi connectivity index (χ0n) is 14.4. The maximum absolute atomic E-state index is 13.4. The maximum atomic E-state index is 13.4. The molecule has 28 heavy (non-hydrogen) atoms. The lowest BCUT2D eigenvalue weighted by molar-refractivity contribution is -0.144. The molecule has 0 spiro atoms. The number of fused-ring (bicyclic) bond motifs is 2. The number of aromatic nitrogens is 4.